The SMILES string of the molecule is CCOC(=O)c1sc(N)c(C#N)c1COc1ccc(C=O)cc1. The highest BCUT2D eigenvalue weighted by Gasteiger charge is 2.23. The maximum absolute atomic E-state index is 12.0. The zero-order valence-corrected chi connectivity index (χ0v) is 13.2. The molecule has 0 unspecified atom stereocenters. The number of ether oxygens (including phenoxy) is 2. The molecular weight excluding hydrogens is 316 g/mol. The van der Waals surface area contributed by atoms with Gasteiger partial charge in [0.05, 0.1) is 12.2 Å². The molecule has 23 heavy (non-hydrogen) atoms. The summed E-state index contributed by atoms with van der Waals surface area (Å²) in [5.41, 5.74) is 6.95. The number of carbonyl (C=O) groups is 2. The van der Waals surface area contributed by atoms with Crippen molar-refractivity contribution in [3.05, 3.63) is 45.8 Å². The van der Waals surface area contributed by atoms with Crippen LogP contribution >= 0.6 is 11.3 Å². The van der Waals surface area contributed by atoms with E-state index in [1.54, 1.807) is 31.2 Å². The maximum atomic E-state index is 12.0. The van der Waals surface area contributed by atoms with Crippen molar-refractivity contribution >= 4 is 28.6 Å². The van der Waals surface area contributed by atoms with Crippen LogP contribution in [0.2, 0.25) is 0 Å². The van der Waals surface area contributed by atoms with Gasteiger partial charge in [-0.25, -0.2) is 4.79 Å². The summed E-state index contributed by atoms with van der Waals surface area (Å²) in [4.78, 5) is 22.9. The van der Waals surface area contributed by atoms with E-state index in [0.29, 0.717) is 16.9 Å². The number of esters is 1. The molecule has 0 saturated carbocycles. The normalized spacial score (nSPS) is 9.91. The van der Waals surface area contributed by atoms with Crippen LogP contribution in [0, 0.1) is 11.3 Å². The lowest BCUT2D eigenvalue weighted by molar-refractivity contribution is 0.0529. The van der Waals surface area contributed by atoms with Gasteiger partial charge < -0.3 is 15.2 Å². The number of carbonyl (C=O) groups excluding carboxylic acids is 2. The Morgan fingerprint density at radius 1 is 1.39 bits per heavy atom. The summed E-state index contributed by atoms with van der Waals surface area (Å²) in [5.74, 6) is -0.0142. The van der Waals surface area contributed by atoms with E-state index >= 15 is 0 Å². The number of nitriles is 1. The van der Waals surface area contributed by atoms with E-state index in [1.165, 1.54) is 0 Å². The van der Waals surface area contributed by atoms with Gasteiger partial charge in [-0.05, 0) is 31.2 Å². The number of rotatable bonds is 6. The summed E-state index contributed by atoms with van der Waals surface area (Å²) in [6.45, 7) is 1.93. The van der Waals surface area contributed by atoms with Crippen molar-refractivity contribution in [2.24, 2.45) is 0 Å². The van der Waals surface area contributed by atoms with Gasteiger partial charge in [-0.15, -0.1) is 11.3 Å². The van der Waals surface area contributed by atoms with Crippen LogP contribution in [0.3, 0.4) is 0 Å². The molecule has 1 aromatic heterocycles. The zero-order valence-electron chi connectivity index (χ0n) is 12.4. The average molecular weight is 330 g/mol. The molecule has 0 bridgehead atoms. The molecule has 0 fully saturated rings. The van der Waals surface area contributed by atoms with E-state index in [1.807, 2.05) is 6.07 Å². The highest BCUT2D eigenvalue weighted by Crippen LogP contribution is 2.32. The summed E-state index contributed by atoms with van der Waals surface area (Å²) in [6.07, 6.45) is 0.732. The molecule has 2 aromatic rings. The zero-order chi connectivity index (χ0) is 16.8. The summed E-state index contributed by atoms with van der Waals surface area (Å²) in [7, 11) is 0. The summed E-state index contributed by atoms with van der Waals surface area (Å²) < 4.78 is 10.6. The van der Waals surface area contributed by atoms with E-state index in [2.05, 4.69) is 0 Å². The van der Waals surface area contributed by atoms with E-state index in [9.17, 15) is 14.9 Å². The third-order valence-electron chi connectivity index (χ3n) is 3.01. The Morgan fingerprint density at radius 2 is 2.09 bits per heavy atom. The lowest BCUT2D eigenvalue weighted by Gasteiger charge is -2.08. The van der Waals surface area contributed by atoms with Gasteiger partial charge in [-0.1, -0.05) is 0 Å². The number of benzene rings is 1. The van der Waals surface area contributed by atoms with Gasteiger partial charge in [-0.2, -0.15) is 5.26 Å². The van der Waals surface area contributed by atoms with Crippen molar-refractivity contribution in [2.75, 3.05) is 12.3 Å². The van der Waals surface area contributed by atoms with Crippen LogP contribution in [0.15, 0.2) is 24.3 Å². The van der Waals surface area contributed by atoms with Gasteiger partial charge in [0.2, 0.25) is 0 Å². The average Bonchev–Trinajstić information content (AvgIpc) is 2.89. The van der Waals surface area contributed by atoms with Gasteiger partial charge in [0, 0.05) is 11.1 Å². The van der Waals surface area contributed by atoms with E-state index < -0.39 is 5.97 Å². The summed E-state index contributed by atoms with van der Waals surface area (Å²) in [5, 5.41) is 9.47. The van der Waals surface area contributed by atoms with Gasteiger partial charge in [-0.3, -0.25) is 4.79 Å². The largest absolute Gasteiger partial charge is 0.489 e. The predicted octanol–water partition coefficient (Wildman–Crippen LogP) is 2.77. The molecule has 118 valence electrons. The van der Waals surface area contributed by atoms with Crippen LogP contribution in [0.5, 0.6) is 5.75 Å². The molecule has 0 aliphatic heterocycles. The first kappa shape index (κ1) is 16.5. The number of aldehydes is 1. The number of thiophene rings is 1. The van der Waals surface area contributed by atoms with Gasteiger partial charge in [0.25, 0.3) is 0 Å². The number of nitrogen functional groups attached to an aromatic ring is 1. The first-order chi connectivity index (χ1) is 11.1. The van der Waals surface area contributed by atoms with Crippen molar-refractivity contribution < 1.29 is 19.1 Å². The Morgan fingerprint density at radius 3 is 2.65 bits per heavy atom. The minimum Gasteiger partial charge on any atom is -0.489 e. The van der Waals surface area contributed by atoms with Crippen molar-refractivity contribution in [3.63, 3.8) is 0 Å². The first-order valence-corrected chi connectivity index (χ1v) is 7.58. The smallest absolute Gasteiger partial charge is 0.348 e. The molecule has 2 rings (SSSR count). The van der Waals surface area contributed by atoms with E-state index in [0.717, 1.165) is 17.6 Å². The third kappa shape index (κ3) is 3.67. The second-order valence-corrected chi connectivity index (χ2v) is 5.51. The molecule has 0 aliphatic carbocycles. The lowest BCUT2D eigenvalue weighted by Crippen LogP contribution is -2.08. The van der Waals surface area contributed by atoms with Crippen molar-refractivity contribution in [1.82, 2.24) is 0 Å². The molecule has 6 nitrogen and oxygen atoms in total. The standard InChI is InChI=1S/C16H14N2O4S/c1-2-21-16(20)14-13(12(7-17)15(18)23-14)9-22-11-5-3-10(8-19)4-6-11/h3-6,8H,2,9,18H2,1H3. The van der Waals surface area contributed by atoms with Crippen LogP contribution < -0.4 is 10.5 Å². The minimum absolute atomic E-state index is 0.00514. The van der Waals surface area contributed by atoms with Crippen LogP contribution in [-0.4, -0.2) is 18.9 Å². The van der Waals surface area contributed by atoms with Crippen LogP contribution in [0.1, 0.15) is 38.1 Å². The molecule has 0 radical (unpaired) electrons. The van der Waals surface area contributed by atoms with E-state index in [4.69, 9.17) is 15.2 Å². The second-order valence-electron chi connectivity index (χ2n) is 4.46. The fourth-order valence-electron chi connectivity index (χ4n) is 1.90. The predicted molar refractivity (Wildman–Crippen MR) is 85.6 cm³/mol. The fraction of sp³-hybridized carbons (Fsp3) is 0.188. The topological polar surface area (TPSA) is 102 Å². The van der Waals surface area contributed by atoms with Gasteiger partial charge in [0.15, 0.2) is 0 Å². The van der Waals surface area contributed by atoms with Crippen molar-refractivity contribution in [3.8, 4) is 11.8 Å². The Hall–Kier alpha value is -2.85. The van der Waals surface area contributed by atoms with Gasteiger partial charge >= 0.3 is 5.97 Å². The highest BCUT2D eigenvalue weighted by atomic mass is 32.1. The number of nitrogens with two attached hydrogens (primary N) is 1. The van der Waals surface area contributed by atoms with Gasteiger partial charge in [0.1, 0.15) is 34.6 Å². The van der Waals surface area contributed by atoms with Crippen LogP contribution in [-0.2, 0) is 11.3 Å². The molecule has 1 aromatic carbocycles. The number of hydrogen-bond acceptors (Lipinski definition) is 7. The Kier molecular flexibility index (Phi) is 5.33. The molecule has 7 heteroatoms. The van der Waals surface area contributed by atoms with Crippen LogP contribution in [0.4, 0.5) is 5.00 Å². The highest BCUT2D eigenvalue weighted by molar-refractivity contribution is 7.18. The Balaban J connectivity index is 2.25. The number of anilines is 1. The Bertz CT molecular complexity index is 760. The van der Waals surface area contributed by atoms with Crippen LogP contribution in [0.25, 0.3) is 0 Å². The lowest BCUT2D eigenvalue weighted by atomic mass is 10.1. The molecule has 0 spiro atoms. The fourth-order valence-corrected chi connectivity index (χ4v) is 2.82. The molecule has 1 heterocycles. The number of nitrogens with zero attached hydrogens (tertiary/aromatic N) is 1. The maximum Gasteiger partial charge on any atom is 0.348 e. The monoisotopic (exact) mass is 330 g/mol. The molecule has 0 aliphatic rings. The molecule has 0 amide bonds. The molecule has 0 atom stereocenters. The quantitative estimate of drug-likeness (QED) is 0.645. The molecular formula is C16H14N2O4S. The molecule has 2 N–H and O–H groups in total. The number of hydrogen-bond donors (Lipinski definition) is 1. The third-order valence-corrected chi connectivity index (χ3v) is 4.05. The van der Waals surface area contributed by atoms with Crippen molar-refractivity contribution in [1.29, 1.82) is 5.26 Å². The second kappa shape index (κ2) is 7.42. The first-order valence-electron chi connectivity index (χ1n) is 6.77. The summed E-state index contributed by atoms with van der Waals surface area (Å²) >= 11 is 1.01. The Labute approximate surface area is 137 Å². The summed E-state index contributed by atoms with van der Waals surface area (Å²) in [6, 6.07) is 8.48. The molecule has 0 saturated heterocycles. The van der Waals surface area contributed by atoms with E-state index in [-0.39, 0.29) is 28.7 Å². The van der Waals surface area contributed by atoms with Crippen molar-refractivity contribution in [2.45, 2.75) is 13.5 Å². The minimum atomic E-state index is -0.527.